The van der Waals surface area contributed by atoms with Crippen molar-refractivity contribution < 1.29 is 42.9 Å². The van der Waals surface area contributed by atoms with Crippen LogP contribution in [0, 0.1) is 23.7 Å². The standard InChI is InChI=1S/C16H17ClO5.C16H19ClO4/c1-9(8-10-4-6-11(17)7-5-10)13(18)12-14(19)21-16(2,3)22-15(12)20;1-10(8-11-4-6-12(17)7-5-11)9-13-14(18)20-16(2,3)21-15(13)19/h4-7,9,12H,8H2,1-3H3;4-7,10,13H,8-9H2,1-3H3. The molecular weight excluding hydrogens is 599 g/mol. The van der Waals surface area contributed by atoms with Gasteiger partial charge in [-0.15, -0.1) is 0 Å². The van der Waals surface area contributed by atoms with E-state index in [-0.39, 0.29) is 5.92 Å². The Balaban J connectivity index is 0.000000236. The molecule has 0 radical (unpaired) electrons. The van der Waals surface area contributed by atoms with Gasteiger partial charge >= 0.3 is 23.9 Å². The predicted octanol–water partition coefficient (Wildman–Crippen LogP) is 5.90. The molecule has 0 spiro atoms. The van der Waals surface area contributed by atoms with Crippen molar-refractivity contribution >= 4 is 52.9 Å². The quantitative estimate of drug-likeness (QED) is 0.258. The van der Waals surface area contributed by atoms with Crippen LogP contribution in [0.5, 0.6) is 0 Å². The van der Waals surface area contributed by atoms with Gasteiger partial charge in [-0.3, -0.25) is 24.0 Å². The normalized spacial score (nSPS) is 19.5. The average molecular weight is 636 g/mol. The Morgan fingerprint density at radius 2 is 1.05 bits per heavy atom. The van der Waals surface area contributed by atoms with Gasteiger partial charge in [-0.25, -0.2) is 0 Å². The topological polar surface area (TPSA) is 122 Å². The number of hydrogen-bond acceptors (Lipinski definition) is 9. The highest BCUT2D eigenvalue weighted by Gasteiger charge is 2.48. The Morgan fingerprint density at radius 3 is 1.47 bits per heavy atom. The summed E-state index contributed by atoms with van der Waals surface area (Å²) in [5.74, 6) is -8.41. The van der Waals surface area contributed by atoms with Gasteiger partial charge in [0, 0.05) is 43.7 Å². The number of benzene rings is 2. The van der Waals surface area contributed by atoms with E-state index in [0.29, 0.717) is 22.9 Å². The van der Waals surface area contributed by atoms with Gasteiger partial charge < -0.3 is 18.9 Å². The van der Waals surface area contributed by atoms with Gasteiger partial charge in [0.1, 0.15) is 0 Å². The van der Waals surface area contributed by atoms with Gasteiger partial charge in [0.15, 0.2) is 11.7 Å². The molecule has 0 N–H and O–H groups in total. The highest BCUT2D eigenvalue weighted by molar-refractivity contribution is 6.30. The van der Waals surface area contributed by atoms with Crippen LogP contribution in [0.3, 0.4) is 0 Å². The van der Waals surface area contributed by atoms with Crippen molar-refractivity contribution in [2.75, 3.05) is 0 Å². The van der Waals surface area contributed by atoms with Crippen LogP contribution in [0.1, 0.15) is 59.1 Å². The predicted molar refractivity (Wildman–Crippen MR) is 158 cm³/mol. The Bertz CT molecular complexity index is 1310. The third kappa shape index (κ3) is 9.79. The average Bonchev–Trinajstić information content (AvgIpc) is 2.87. The molecule has 9 nitrogen and oxygen atoms in total. The number of carbonyl (C=O) groups excluding carboxylic acids is 5. The maximum absolute atomic E-state index is 12.4. The fourth-order valence-electron chi connectivity index (χ4n) is 4.76. The third-order valence-electron chi connectivity index (χ3n) is 6.79. The smallest absolute Gasteiger partial charge is 0.331 e. The molecule has 2 unspecified atom stereocenters. The first-order valence-corrected chi connectivity index (χ1v) is 14.7. The molecule has 0 bridgehead atoms. The second-order valence-electron chi connectivity index (χ2n) is 11.8. The van der Waals surface area contributed by atoms with E-state index in [9.17, 15) is 24.0 Å². The van der Waals surface area contributed by atoms with Crippen LogP contribution < -0.4 is 0 Å². The zero-order valence-electron chi connectivity index (χ0n) is 25.0. The summed E-state index contributed by atoms with van der Waals surface area (Å²) in [6.07, 6.45) is 1.57. The van der Waals surface area contributed by atoms with Crippen molar-refractivity contribution in [3.63, 3.8) is 0 Å². The highest BCUT2D eigenvalue weighted by atomic mass is 35.5. The number of halogens is 2. The third-order valence-corrected chi connectivity index (χ3v) is 7.29. The molecule has 11 heteroatoms. The minimum atomic E-state index is -1.50. The Hall–Kier alpha value is -3.43. The van der Waals surface area contributed by atoms with Crippen molar-refractivity contribution in [3.8, 4) is 0 Å². The number of Topliss-reactive ketones (excluding diaryl/α,β-unsaturated/α-hetero) is 1. The van der Waals surface area contributed by atoms with Crippen LogP contribution in [0.4, 0.5) is 0 Å². The minimum absolute atomic E-state index is 0.150. The van der Waals surface area contributed by atoms with Crippen LogP contribution in [-0.4, -0.2) is 41.2 Å². The molecule has 0 amide bonds. The fourth-order valence-corrected chi connectivity index (χ4v) is 5.01. The number of hydrogen-bond donors (Lipinski definition) is 0. The summed E-state index contributed by atoms with van der Waals surface area (Å²) in [4.78, 5) is 60.0. The molecule has 2 heterocycles. The molecule has 2 aromatic rings. The maximum Gasteiger partial charge on any atom is 0.331 e. The number of ether oxygens (including phenoxy) is 4. The van der Waals surface area contributed by atoms with Crippen LogP contribution in [0.25, 0.3) is 0 Å². The fraction of sp³-hybridized carbons (Fsp3) is 0.469. The van der Waals surface area contributed by atoms with Crippen LogP contribution in [-0.2, 0) is 55.8 Å². The molecule has 2 fully saturated rings. The van der Waals surface area contributed by atoms with E-state index in [1.807, 2.05) is 31.2 Å². The summed E-state index contributed by atoms with van der Waals surface area (Å²) in [7, 11) is 0. The van der Waals surface area contributed by atoms with Gasteiger partial charge in [-0.2, -0.15) is 0 Å². The first kappa shape index (κ1) is 34.1. The second kappa shape index (κ2) is 13.9. The molecule has 4 rings (SSSR count). The molecule has 0 aromatic heterocycles. The zero-order chi connectivity index (χ0) is 32.1. The van der Waals surface area contributed by atoms with Crippen LogP contribution >= 0.6 is 23.2 Å². The summed E-state index contributed by atoms with van der Waals surface area (Å²) >= 11 is 11.7. The van der Waals surface area contributed by atoms with Crippen LogP contribution in [0.15, 0.2) is 48.5 Å². The van der Waals surface area contributed by atoms with Crippen molar-refractivity contribution in [1.29, 1.82) is 0 Å². The summed E-state index contributed by atoms with van der Waals surface area (Å²) in [6.45, 7) is 9.65. The molecule has 0 saturated carbocycles. The molecule has 43 heavy (non-hydrogen) atoms. The van der Waals surface area contributed by atoms with Gasteiger partial charge in [-0.05, 0) is 60.6 Å². The molecular formula is C32H36Cl2O9. The number of cyclic esters (lactones) is 4. The number of ketones is 1. The Morgan fingerprint density at radius 1 is 0.674 bits per heavy atom. The lowest BCUT2D eigenvalue weighted by Gasteiger charge is -2.33. The summed E-state index contributed by atoms with van der Waals surface area (Å²) in [6, 6.07) is 14.6. The number of rotatable bonds is 8. The molecule has 0 aliphatic carbocycles. The summed E-state index contributed by atoms with van der Waals surface area (Å²) in [5, 5.41) is 1.29. The lowest BCUT2D eigenvalue weighted by molar-refractivity contribution is -0.242. The van der Waals surface area contributed by atoms with Gasteiger partial charge in [0.25, 0.3) is 11.6 Å². The van der Waals surface area contributed by atoms with E-state index in [2.05, 4.69) is 0 Å². The van der Waals surface area contributed by atoms with Crippen molar-refractivity contribution in [2.45, 2.75) is 72.4 Å². The molecule has 2 atom stereocenters. The second-order valence-corrected chi connectivity index (χ2v) is 12.6. The van der Waals surface area contributed by atoms with Crippen molar-refractivity contribution in [2.24, 2.45) is 23.7 Å². The van der Waals surface area contributed by atoms with E-state index in [1.54, 1.807) is 45.0 Å². The summed E-state index contributed by atoms with van der Waals surface area (Å²) < 4.78 is 20.2. The molecule has 2 aliphatic heterocycles. The SMILES string of the molecule is CC(Cc1ccc(Cl)cc1)C(=O)C1C(=O)OC(C)(C)OC1=O.CC(Cc1ccc(Cl)cc1)CC1C(=O)OC(C)(C)OC1=O. The first-order chi connectivity index (χ1) is 20.0. The van der Waals surface area contributed by atoms with E-state index in [4.69, 9.17) is 42.1 Å². The molecule has 2 aliphatic rings. The maximum atomic E-state index is 12.4. The van der Waals surface area contributed by atoms with Gasteiger partial charge in [0.2, 0.25) is 5.92 Å². The highest BCUT2D eigenvalue weighted by Crippen LogP contribution is 2.29. The zero-order valence-corrected chi connectivity index (χ0v) is 26.5. The van der Waals surface area contributed by atoms with E-state index in [0.717, 1.165) is 17.5 Å². The van der Waals surface area contributed by atoms with Gasteiger partial charge in [0.05, 0.1) is 0 Å². The number of carbonyl (C=O) groups is 5. The number of esters is 4. The lowest BCUT2D eigenvalue weighted by atomic mass is 9.88. The molecule has 232 valence electrons. The van der Waals surface area contributed by atoms with Crippen molar-refractivity contribution in [1.82, 2.24) is 0 Å². The van der Waals surface area contributed by atoms with Crippen molar-refractivity contribution in [3.05, 3.63) is 69.7 Å². The lowest BCUT2D eigenvalue weighted by Crippen LogP contribution is -2.50. The Labute approximate surface area is 261 Å². The van der Waals surface area contributed by atoms with E-state index < -0.39 is 59.0 Å². The summed E-state index contributed by atoms with van der Waals surface area (Å²) in [5.41, 5.74) is 2.01. The first-order valence-electron chi connectivity index (χ1n) is 13.9. The monoisotopic (exact) mass is 634 g/mol. The molecule has 2 aromatic carbocycles. The minimum Gasteiger partial charge on any atom is -0.422 e. The van der Waals surface area contributed by atoms with Gasteiger partial charge in [-0.1, -0.05) is 61.3 Å². The van der Waals surface area contributed by atoms with E-state index >= 15 is 0 Å². The van der Waals surface area contributed by atoms with E-state index in [1.165, 1.54) is 13.8 Å². The molecule has 2 saturated heterocycles. The largest absolute Gasteiger partial charge is 0.422 e. The Kier molecular flexibility index (Phi) is 11.0. The van der Waals surface area contributed by atoms with Crippen LogP contribution in [0.2, 0.25) is 10.0 Å².